The van der Waals surface area contributed by atoms with Gasteiger partial charge in [0.2, 0.25) is 0 Å². The van der Waals surface area contributed by atoms with E-state index in [2.05, 4.69) is 9.97 Å². The quantitative estimate of drug-likeness (QED) is 0.669. The maximum Gasteiger partial charge on any atom is 0.111 e. The Labute approximate surface area is 88.6 Å². The van der Waals surface area contributed by atoms with Gasteiger partial charge in [0.05, 0.1) is 11.2 Å². The van der Waals surface area contributed by atoms with Crippen LogP contribution in [-0.2, 0) is 0 Å². The summed E-state index contributed by atoms with van der Waals surface area (Å²) >= 11 is 0. The molecule has 0 saturated carbocycles. The van der Waals surface area contributed by atoms with Gasteiger partial charge in [-0.15, -0.1) is 24.8 Å². The van der Waals surface area contributed by atoms with Crippen LogP contribution in [0.5, 0.6) is 0 Å². The molecule has 0 unspecified atom stereocenters. The Morgan fingerprint density at radius 2 is 2.00 bits per heavy atom. The average Bonchev–Trinajstić information content (AvgIpc) is 2.31. The van der Waals surface area contributed by atoms with Crippen LogP contribution in [0.25, 0.3) is 11.0 Å². The molecule has 0 aliphatic carbocycles. The summed E-state index contributed by atoms with van der Waals surface area (Å²) < 4.78 is 0. The number of anilines is 1. The maximum atomic E-state index is 5.69. The number of nitrogen functional groups attached to an aromatic ring is 1. The Kier molecular flexibility index (Phi) is 4.04. The van der Waals surface area contributed by atoms with Gasteiger partial charge >= 0.3 is 0 Å². The van der Waals surface area contributed by atoms with Gasteiger partial charge in [0.1, 0.15) is 11.3 Å². The fourth-order valence-electron chi connectivity index (χ4n) is 1.18. The number of para-hydroxylation sites is 1. The van der Waals surface area contributed by atoms with Crippen LogP contribution in [-0.4, -0.2) is 9.97 Å². The summed E-state index contributed by atoms with van der Waals surface area (Å²) in [6.45, 7) is 1.92. The molecule has 1 aromatic heterocycles. The molecule has 72 valence electrons. The van der Waals surface area contributed by atoms with E-state index in [1.165, 1.54) is 0 Å². The highest BCUT2D eigenvalue weighted by Gasteiger charge is 2.00. The smallest absolute Gasteiger partial charge is 0.111 e. The van der Waals surface area contributed by atoms with E-state index in [1.807, 2.05) is 25.1 Å². The number of nitrogens with zero attached hydrogens (tertiary/aromatic N) is 1. The highest BCUT2D eigenvalue weighted by Crippen LogP contribution is 2.17. The number of aryl methyl sites for hydroxylation is 1. The molecule has 0 fully saturated rings. The normalized spacial score (nSPS) is 9.00. The molecule has 1 heterocycles. The van der Waals surface area contributed by atoms with Crippen LogP contribution in [0.1, 0.15) is 5.82 Å². The molecule has 5 heteroatoms. The monoisotopic (exact) mass is 219 g/mol. The fourth-order valence-corrected chi connectivity index (χ4v) is 1.18. The Balaban J connectivity index is 0.000000720. The molecule has 2 rings (SSSR count). The number of halogens is 2. The third-order valence-electron chi connectivity index (χ3n) is 1.66. The predicted octanol–water partition coefficient (Wildman–Crippen LogP) is 2.30. The average molecular weight is 220 g/mol. The number of imidazole rings is 1. The maximum absolute atomic E-state index is 5.69. The second-order valence-electron chi connectivity index (χ2n) is 2.57. The highest BCUT2D eigenvalue weighted by molar-refractivity contribution is 5.86. The van der Waals surface area contributed by atoms with Gasteiger partial charge in [0.25, 0.3) is 0 Å². The Morgan fingerprint density at radius 3 is 2.62 bits per heavy atom. The van der Waals surface area contributed by atoms with Crippen LogP contribution in [0.15, 0.2) is 18.2 Å². The van der Waals surface area contributed by atoms with Gasteiger partial charge in [0.15, 0.2) is 0 Å². The summed E-state index contributed by atoms with van der Waals surface area (Å²) in [5, 5.41) is 0. The minimum Gasteiger partial charge on any atom is -0.397 e. The van der Waals surface area contributed by atoms with Crippen molar-refractivity contribution in [2.24, 2.45) is 0 Å². The summed E-state index contributed by atoms with van der Waals surface area (Å²) in [6, 6.07) is 5.73. The lowest BCUT2D eigenvalue weighted by Crippen LogP contribution is -1.84. The first-order valence-electron chi connectivity index (χ1n) is 3.48. The van der Waals surface area contributed by atoms with Gasteiger partial charge in [0, 0.05) is 0 Å². The predicted molar refractivity (Wildman–Crippen MR) is 59.7 cm³/mol. The molecule has 0 radical (unpaired) electrons. The van der Waals surface area contributed by atoms with Crippen molar-refractivity contribution in [3.8, 4) is 0 Å². The molecular formula is C8H11Cl2N3. The molecule has 0 atom stereocenters. The standard InChI is InChI=1S/C8H9N3.2ClH/c1-5-10-7-4-2-3-6(9)8(7)11-5;;/h2-4H,9H2,1H3,(H,10,11);2*1H. The van der Waals surface area contributed by atoms with Crippen LogP contribution in [0.2, 0.25) is 0 Å². The van der Waals surface area contributed by atoms with E-state index in [0.29, 0.717) is 0 Å². The van der Waals surface area contributed by atoms with Gasteiger partial charge in [-0.25, -0.2) is 4.98 Å². The van der Waals surface area contributed by atoms with Gasteiger partial charge in [-0.05, 0) is 19.1 Å². The van der Waals surface area contributed by atoms with Gasteiger partial charge in [-0.3, -0.25) is 0 Å². The number of hydrogen-bond acceptors (Lipinski definition) is 2. The van der Waals surface area contributed by atoms with Crippen molar-refractivity contribution in [3.05, 3.63) is 24.0 Å². The van der Waals surface area contributed by atoms with Crippen molar-refractivity contribution in [2.45, 2.75) is 6.92 Å². The molecule has 0 saturated heterocycles. The number of benzene rings is 1. The SMILES string of the molecule is Cc1nc2c(N)cccc2[nH]1.Cl.Cl. The van der Waals surface area contributed by atoms with Crippen molar-refractivity contribution in [3.63, 3.8) is 0 Å². The van der Waals surface area contributed by atoms with Gasteiger partial charge < -0.3 is 10.7 Å². The van der Waals surface area contributed by atoms with Gasteiger partial charge in [-0.2, -0.15) is 0 Å². The first-order valence-corrected chi connectivity index (χ1v) is 3.48. The van der Waals surface area contributed by atoms with E-state index in [-0.39, 0.29) is 24.8 Å². The third-order valence-corrected chi connectivity index (χ3v) is 1.66. The molecule has 0 amide bonds. The molecule has 0 aliphatic heterocycles. The van der Waals surface area contributed by atoms with Crippen molar-refractivity contribution >= 4 is 41.5 Å². The van der Waals surface area contributed by atoms with Crippen molar-refractivity contribution in [1.82, 2.24) is 9.97 Å². The second kappa shape index (κ2) is 4.35. The lowest BCUT2D eigenvalue weighted by atomic mass is 10.3. The summed E-state index contributed by atoms with van der Waals surface area (Å²) in [7, 11) is 0. The van der Waals surface area contributed by atoms with Crippen LogP contribution >= 0.6 is 24.8 Å². The lowest BCUT2D eigenvalue weighted by molar-refractivity contribution is 1.17. The van der Waals surface area contributed by atoms with E-state index < -0.39 is 0 Å². The largest absolute Gasteiger partial charge is 0.397 e. The van der Waals surface area contributed by atoms with Crippen LogP contribution in [0.3, 0.4) is 0 Å². The first kappa shape index (κ1) is 12.1. The zero-order valence-corrected chi connectivity index (χ0v) is 8.71. The Hall–Kier alpha value is -0.930. The zero-order chi connectivity index (χ0) is 7.84. The molecule has 3 N–H and O–H groups in total. The first-order chi connectivity index (χ1) is 5.27. The number of aromatic amines is 1. The summed E-state index contributed by atoms with van der Waals surface area (Å²) in [5.41, 5.74) is 8.28. The Morgan fingerprint density at radius 1 is 1.31 bits per heavy atom. The number of nitrogens with one attached hydrogen (secondary N) is 1. The lowest BCUT2D eigenvalue weighted by Gasteiger charge is -1.90. The molecule has 0 aliphatic rings. The highest BCUT2D eigenvalue weighted by atomic mass is 35.5. The van der Waals surface area contributed by atoms with Crippen molar-refractivity contribution in [1.29, 1.82) is 0 Å². The number of nitrogens with two attached hydrogens (primary N) is 1. The summed E-state index contributed by atoms with van der Waals surface area (Å²) in [6.07, 6.45) is 0. The minimum absolute atomic E-state index is 0. The van der Waals surface area contributed by atoms with E-state index in [0.717, 1.165) is 22.5 Å². The molecular weight excluding hydrogens is 209 g/mol. The zero-order valence-electron chi connectivity index (χ0n) is 7.07. The third kappa shape index (κ3) is 2.05. The number of hydrogen-bond donors (Lipinski definition) is 2. The number of aromatic nitrogens is 2. The molecule has 1 aromatic carbocycles. The molecule has 13 heavy (non-hydrogen) atoms. The molecule has 3 nitrogen and oxygen atoms in total. The second-order valence-corrected chi connectivity index (χ2v) is 2.57. The molecule has 0 spiro atoms. The van der Waals surface area contributed by atoms with Crippen LogP contribution in [0.4, 0.5) is 5.69 Å². The number of H-pyrrole nitrogens is 1. The van der Waals surface area contributed by atoms with E-state index in [9.17, 15) is 0 Å². The fraction of sp³-hybridized carbons (Fsp3) is 0.125. The molecule has 0 bridgehead atoms. The Bertz CT molecular complexity index is 397. The van der Waals surface area contributed by atoms with Crippen LogP contribution < -0.4 is 5.73 Å². The number of fused-ring (bicyclic) bond motifs is 1. The van der Waals surface area contributed by atoms with Crippen LogP contribution in [0, 0.1) is 6.92 Å². The summed E-state index contributed by atoms with van der Waals surface area (Å²) in [4.78, 5) is 7.34. The van der Waals surface area contributed by atoms with Gasteiger partial charge in [-0.1, -0.05) is 6.07 Å². The van der Waals surface area contributed by atoms with E-state index >= 15 is 0 Å². The molecule has 2 aromatic rings. The minimum atomic E-state index is 0. The summed E-state index contributed by atoms with van der Waals surface area (Å²) in [5.74, 6) is 0.901. The van der Waals surface area contributed by atoms with E-state index in [4.69, 9.17) is 5.73 Å². The van der Waals surface area contributed by atoms with Crippen molar-refractivity contribution < 1.29 is 0 Å². The van der Waals surface area contributed by atoms with Crippen molar-refractivity contribution in [2.75, 3.05) is 5.73 Å². The van der Waals surface area contributed by atoms with E-state index in [1.54, 1.807) is 0 Å². The topological polar surface area (TPSA) is 54.7 Å². The number of rotatable bonds is 0.